The quantitative estimate of drug-likeness (QED) is 0.525. The molecule has 174 valence electrons. The van der Waals surface area contributed by atoms with Gasteiger partial charge in [0.15, 0.2) is 0 Å². The van der Waals surface area contributed by atoms with E-state index in [1.54, 1.807) is 6.92 Å². The molecule has 33 heavy (non-hydrogen) atoms. The van der Waals surface area contributed by atoms with Crippen molar-refractivity contribution in [1.29, 1.82) is 0 Å². The van der Waals surface area contributed by atoms with Gasteiger partial charge in [-0.05, 0) is 43.5 Å². The second kappa shape index (κ2) is 8.53. The van der Waals surface area contributed by atoms with E-state index in [9.17, 15) is 13.6 Å². The van der Waals surface area contributed by atoms with Gasteiger partial charge in [-0.15, -0.1) is 11.3 Å². The van der Waals surface area contributed by atoms with Gasteiger partial charge in [0.2, 0.25) is 0 Å². The number of rotatable bonds is 5. The van der Waals surface area contributed by atoms with Gasteiger partial charge < -0.3 is 21.3 Å². The third-order valence-electron chi connectivity index (χ3n) is 6.66. The summed E-state index contributed by atoms with van der Waals surface area (Å²) in [4.78, 5) is 20.2. The normalized spacial score (nSPS) is 20.9. The molecule has 6 nitrogen and oxygen atoms in total. The lowest BCUT2D eigenvalue weighted by Gasteiger charge is -2.35. The Morgan fingerprint density at radius 1 is 1.27 bits per heavy atom. The third kappa shape index (κ3) is 4.15. The molecule has 2 aliphatic heterocycles. The second-order valence-electron chi connectivity index (χ2n) is 9.13. The minimum absolute atomic E-state index is 0.159. The Labute approximate surface area is 195 Å². The number of nitrogens with one attached hydrogen (secondary N) is 2. The first kappa shape index (κ1) is 22.0. The highest BCUT2D eigenvalue weighted by atomic mass is 32.1. The molecule has 3 aromatic rings. The first-order chi connectivity index (χ1) is 15.8. The van der Waals surface area contributed by atoms with Crippen molar-refractivity contribution in [3.8, 4) is 0 Å². The van der Waals surface area contributed by atoms with E-state index in [1.807, 2.05) is 24.0 Å². The number of piperazine rings is 1. The highest BCUT2D eigenvalue weighted by molar-refractivity contribution is 7.21. The van der Waals surface area contributed by atoms with E-state index < -0.39 is 17.6 Å². The summed E-state index contributed by atoms with van der Waals surface area (Å²) in [6.45, 7) is 5.17. The van der Waals surface area contributed by atoms with E-state index in [-0.39, 0.29) is 18.0 Å². The number of nitrogens with zero attached hydrogens (tertiary/aromatic N) is 2. The molecule has 2 saturated heterocycles. The number of carbonyl (C=O) groups is 1. The van der Waals surface area contributed by atoms with Crippen molar-refractivity contribution in [2.24, 2.45) is 0 Å². The molecular formula is C24H27F2N5OS. The first-order valence-electron chi connectivity index (χ1n) is 11.2. The van der Waals surface area contributed by atoms with E-state index in [2.05, 4.69) is 15.6 Å². The number of hydrogen-bond acceptors (Lipinski definition) is 6. The number of fused-ring (bicyclic) bond motifs is 3. The molecule has 1 aromatic carbocycles. The van der Waals surface area contributed by atoms with Crippen molar-refractivity contribution in [3.05, 3.63) is 52.0 Å². The molecule has 0 radical (unpaired) electrons. The molecule has 2 fully saturated rings. The fraction of sp³-hybridized carbons (Fsp3) is 0.417. The van der Waals surface area contributed by atoms with Gasteiger partial charge in [-0.3, -0.25) is 4.79 Å². The Balaban J connectivity index is 1.29. The Bertz CT molecular complexity index is 1220. The minimum Gasteiger partial charge on any atom is -0.397 e. The Morgan fingerprint density at radius 2 is 2.00 bits per heavy atom. The number of pyridine rings is 1. The summed E-state index contributed by atoms with van der Waals surface area (Å²) in [6.07, 6.45) is 2.14. The molecule has 4 N–H and O–H groups in total. The van der Waals surface area contributed by atoms with Crippen LogP contribution in [0.3, 0.4) is 0 Å². The summed E-state index contributed by atoms with van der Waals surface area (Å²) in [7, 11) is 0. The predicted molar refractivity (Wildman–Crippen MR) is 128 cm³/mol. The zero-order chi connectivity index (χ0) is 23.3. The number of benzene rings is 1. The molecule has 5 rings (SSSR count). The van der Waals surface area contributed by atoms with Crippen molar-refractivity contribution in [2.75, 3.05) is 30.3 Å². The van der Waals surface area contributed by atoms with Crippen LogP contribution in [0.25, 0.3) is 10.2 Å². The average molecular weight is 472 g/mol. The van der Waals surface area contributed by atoms with E-state index in [0.717, 1.165) is 23.9 Å². The van der Waals surface area contributed by atoms with Crippen LogP contribution in [0.15, 0.2) is 24.3 Å². The van der Waals surface area contributed by atoms with Crippen LogP contribution < -0.4 is 21.3 Å². The van der Waals surface area contributed by atoms with E-state index in [4.69, 9.17) is 5.73 Å². The highest BCUT2D eigenvalue weighted by Crippen LogP contribution is 2.33. The molecule has 0 aliphatic carbocycles. The maximum atomic E-state index is 15.0. The number of aryl methyl sites for hydroxylation is 1. The van der Waals surface area contributed by atoms with Crippen LogP contribution in [0, 0.1) is 18.6 Å². The summed E-state index contributed by atoms with van der Waals surface area (Å²) in [5, 5.41) is 7.06. The third-order valence-corrected chi connectivity index (χ3v) is 7.78. The SMILES string of the molecule is Cc1ccc2c(N)c(C(=O)NC[C@H](C)c3cc(F)c(N4CC5CCC(C4)N5)cc3F)sc2n1. The maximum Gasteiger partial charge on any atom is 0.263 e. The molecule has 9 heteroatoms. The number of anilines is 2. The molecular weight excluding hydrogens is 444 g/mol. The zero-order valence-electron chi connectivity index (χ0n) is 18.6. The van der Waals surface area contributed by atoms with Crippen molar-refractivity contribution < 1.29 is 13.6 Å². The lowest BCUT2D eigenvalue weighted by molar-refractivity contribution is 0.0956. The van der Waals surface area contributed by atoms with Gasteiger partial charge in [-0.1, -0.05) is 6.92 Å². The fourth-order valence-electron chi connectivity index (χ4n) is 4.86. The molecule has 2 aromatic heterocycles. The van der Waals surface area contributed by atoms with Crippen LogP contribution in [0.1, 0.15) is 46.6 Å². The summed E-state index contributed by atoms with van der Waals surface area (Å²) < 4.78 is 30.0. The molecule has 4 heterocycles. The van der Waals surface area contributed by atoms with Crippen molar-refractivity contribution >= 4 is 38.8 Å². The lowest BCUT2D eigenvalue weighted by Crippen LogP contribution is -2.51. The molecule has 1 amide bonds. The monoisotopic (exact) mass is 471 g/mol. The van der Waals surface area contributed by atoms with E-state index in [1.165, 1.54) is 23.5 Å². The zero-order valence-corrected chi connectivity index (χ0v) is 19.4. The summed E-state index contributed by atoms with van der Waals surface area (Å²) >= 11 is 1.23. The molecule has 0 spiro atoms. The van der Waals surface area contributed by atoms with Crippen molar-refractivity contribution in [2.45, 2.75) is 44.7 Å². The molecule has 2 bridgehead atoms. The largest absolute Gasteiger partial charge is 0.397 e. The Morgan fingerprint density at radius 3 is 2.73 bits per heavy atom. The standard InChI is InChI=1S/C24H27F2N5OS/c1-12(9-28-23(32)22-21(27)16-6-3-13(2)29-24(16)33-22)17-7-19(26)20(8-18(17)25)31-10-14-4-5-15(11-31)30-14/h3,6-8,12,14-15,30H,4-5,9-11,27H2,1-2H3,(H,28,32)/t12-,14?,15?/m0/s1. The van der Waals surface area contributed by atoms with Crippen molar-refractivity contribution in [3.63, 3.8) is 0 Å². The van der Waals surface area contributed by atoms with Gasteiger partial charge in [0.1, 0.15) is 21.3 Å². The van der Waals surface area contributed by atoms with E-state index in [0.29, 0.717) is 46.3 Å². The van der Waals surface area contributed by atoms with Crippen LogP contribution in [-0.2, 0) is 0 Å². The maximum absolute atomic E-state index is 15.0. The number of carbonyl (C=O) groups excluding carboxylic acids is 1. The number of amides is 1. The topological polar surface area (TPSA) is 83.3 Å². The molecule has 2 unspecified atom stereocenters. The average Bonchev–Trinajstić information content (AvgIpc) is 3.30. The van der Waals surface area contributed by atoms with Gasteiger partial charge in [-0.25, -0.2) is 13.8 Å². The molecule has 3 atom stereocenters. The summed E-state index contributed by atoms with van der Waals surface area (Å²) in [5.74, 6) is -1.64. The van der Waals surface area contributed by atoms with Crippen LogP contribution in [0.4, 0.5) is 20.2 Å². The first-order valence-corrected chi connectivity index (χ1v) is 12.1. The summed E-state index contributed by atoms with van der Waals surface area (Å²) in [6, 6.07) is 6.94. The minimum atomic E-state index is -0.458. The van der Waals surface area contributed by atoms with Gasteiger partial charge in [0.25, 0.3) is 5.91 Å². The number of hydrogen-bond donors (Lipinski definition) is 3. The highest BCUT2D eigenvalue weighted by Gasteiger charge is 2.33. The van der Waals surface area contributed by atoms with Crippen LogP contribution in [0.5, 0.6) is 0 Å². The predicted octanol–water partition coefficient (Wildman–Crippen LogP) is 3.94. The van der Waals surface area contributed by atoms with Crippen molar-refractivity contribution in [1.82, 2.24) is 15.6 Å². The lowest BCUT2D eigenvalue weighted by atomic mass is 9.99. The number of thiophene rings is 1. The Hall–Kier alpha value is -2.78. The van der Waals surface area contributed by atoms with Gasteiger partial charge in [0, 0.05) is 54.8 Å². The van der Waals surface area contributed by atoms with E-state index >= 15 is 0 Å². The summed E-state index contributed by atoms with van der Waals surface area (Å²) in [5.41, 5.74) is 7.95. The van der Waals surface area contributed by atoms with Gasteiger partial charge in [-0.2, -0.15) is 0 Å². The van der Waals surface area contributed by atoms with Crippen LogP contribution >= 0.6 is 11.3 Å². The Kier molecular flexibility index (Phi) is 5.70. The number of aromatic nitrogens is 1. The van der Waals surface area contributed by atoms with Gasteiger partial charge in [0.05, 0.1) is 11.4 Å². The molecule has 0 saturated carbocycles. The smallest absolute Gasteiger partial charge is 0.263 e. The second-order valence-corrected chi connectivity index (χ2v) is 10.1. The molecule has 2 aliphatic rings. The fourth-order valence-corrected chi connectivity index (χ4v) is 5.92. The number of halogens is 2. The van der Waals surface area contributed by atoms with Gasteiger partial charge >= 0.3 is 0 Å². The van der Waals surface area contributed by atoms with Crippen LogP contribution in [-0.4, -0.2) is 42.6 Å². The van der Waals surface area contributed by atoms with Crippen LogP contribution in [0.2, 0.25) is 0 Å². The number of nitrogen functional groups attached to an aromatic ring is 1. The number of nitrogens with two attached hydrogens (primary N) is 1.